The van der Waals surface area contributed by atoms with Gasteiger partial charge in [-0.25, -0.2) is 0 Å². The van der Waals surface area contributed by atoms with Gasteiger partial charge in [0.1, 0.15) is 17.9 Å². The molecular formula is C9H10ClNO2. The van der Waals surface area contributed by atoms with Crippen LogP contribution in [0.25, 0.3) is 0 Å². The van der Waals surface area contributed by atoms with Crippen molar-refractivity contribution >= 4 is 11.6 Å². The van der Waals surface area contributed by atoms with Gasteiger partial charge < -0.3 is 9.47 Å². The van der Waals surface area contributed by atoms with Gasteiger partial charge in [-0.05, 0) is 18.6 Å². The highest BCUT2D eigenvalue weighted by atomic mass is 35.5. The van der Waals surface area contributed by atoms with E-state index < -0.39 is 0 Å². The van der Waals surface area contributed by atoms with E-state index in [-0.39, 0.29) is 6.10 Å². The maximum atomic E-state index is 5.72. The summed E-state index contributed by atoms with van der Waals surface area (Å²) in [6.07, 6.45) is 1.01. The quantitative estimate of drug-likeness (QED) is 0.651. The average Bonchev–Trinajstić information content (AvgIpc) is 2.16. The van der Waals surface area contributed by atoms with Crippen molar-refractivity contribution in [2.24, 2.45) is 0 Å². The largest absolute Gasteiger partial charge is 0.484 e. The van der Waals surface area contributed by atoms with E-state index in [2.05, 4.69) is 4.98 Å². The van der Waals surface area contributed by atoms with Crippen molar-refractivity contribution in [3.05, 3.63) is 17.3 Å². The van der Waals surface area contributed by atoms with E-state index in [0.29, 0.717) is 23.4 Å². The Kier molecular flexibility index (Phi) is 2.27. The molecule has 0 aliphatic carbocycles. The number of rotatable bonds is 1. The van der Waals surface area contributed by atoms with Crippen LogP contribution in [0, 0.1) is 0 Å². The lowest BCUT2D eigenvalue weighted by Crippen LogP contribution is -2.28. The Bertz CT molecular complexity index is 316. The van der Waals surface area contributed by atoms with E-state index >= 15 is 0 Å². The predicted octanol–water partition coefficient (Wildman–Crippen LogP) is 2.28. The molecule has 0 saturated carbocycles. The lowest BCUT2D eigenvalue weighted by atomic mass is 10.3. The molecule has 13 heavy (non-hydrogen) atoms. The van der Waals surface area contributed by atoms with Gasteiger partial charge in [-0.15, -0.1) is 0 Å². The van der Waals surface area contributed by atoms with Crippen LogP contribution in [-0.4, -0.2) is 17.7 Å². The zero-order valence-corrected chi connectivity index (χ0v) is 8.04. The fourth-order valence-electron chi connectivity index (χ4n) is 1.18. The molecule has 70 valence electrons. The number of hydrogen-bond donors (Lipinski definition) is 0. The first-order valence-corrected chi connectivity index (χ1v) is 4.63. The average molecular weight is 200 g/mol. The first-order valence-electron chi connectivity index (χ1n) is 4.25. The van der Waals surface area contributed by atoms with Crippen LogP contribution in [0.2, 0.25) is 5.15 Å². The highest BCUT2D eigenvalue weighted by Crippen LogP contribution is 2.31. The number of fused-ring (bicyclic) bond motifs is 1. The van der Waals surface area contributed by atoms with Crippen LogP contribution in [0.3, 0.4) is 0 Å². The zero-order valence-electron chi connectivity index (χ0n) is 7.29. The van der Waals surface area contributed by atoms with Gasteiger partial charge in [-0.1, -0.05) is 18.5 Å². The molecule has 0 radical (unpaired) electrons. The Morgan fingerprint density at radius 3 is 3.23 bits per heavy atom. The van der Waals surface area contributed by atoms with E-state index in [1.807, 2.05) is 6.92 Å². The Balaban J connectivity index is 2.27. The molecule has 1 aromatic rings. The van der Waals surface area contributed by atoms with Gasteiger partial charge in [0.15, 0.2) is 5.75 Å². The van der Waals surface area contributed by atoms with Gasteiger partial charge in [-0.3, -0.25) is 0 Å². The van der Waals surface area contributed by atoms with E-state index in [0.717, 1.165) is 6.42 Å². The zero-order chi connectivity index (χ0) is 9.26. The topological polar surface area (TPSA) is 31.4 Å². The summed E-state index contributed by atoms with van der Waals surface area (Å²) in [4.78, 5) is 4.03. The molecule has 4 heteroatoms. The van der Waals surface area contributed by atoms with Gasteiger partial charge in [0.05, 0.1) is 0 Å². The van der Waals surface area contributed by atoms with Gasteiger partial charge in [0.25, 0.3) is 5.88 Å². The van der Waals surface area contributed by atoms with Gasteiger partial charge >= 0.3 is 0 Å². The molecule has 3 nitrogen and oxygen atoms in total. The summed E-state index contributed by atoms with van der Waals surface area (Å²) in [5.74, 6) is 1.18. The first-order chi connectivity index (χ1) is 6.29. The highest BCUT2D eigenvalue weighted by molar-refractivity contribution is 6.29. The lowest BCUT2D eigenvalue weighted by Gasteiger charge is -2.24. The van der Waals surface area contributed by atoms with Crippen molar-refractivity contribution in [1.29, 1.82) is 0 Å². The van der Waals surface area contributed by atoms with Crippen molar-refractivity contribution < 1.29 is 9.47 Å². The maximum absolute atomic E-state index is 5.72. The number of hydrogen-bond acceptors (Lipinski definition) is 3. The minimum Gasteiger partial charge on any atom is -0.484 e. The standard InChI is InChI=1S/C9H10ClNO2/c1-2-6-5-12-7-3-4-8(10)11-9(7)13-6/h3-4,6H,2,5H2,1H3. The minimum absolute atomic E-state index is 0.0958. The number of pyridine rings is 1. The summed E-state index contributed by atoms with van der Waals surface area (Å²) in [5, 5.41) is 0.430. The predicted molar refractivity (Wildman–Crippen MR) is 49.4 cm³/mol. The second kappa shape index (κ2) is 3.42. The van der Waals surface area contributed by atoms with E-state index in [9.17, 15) is 0 Å². The molecule has 0 bridgehead atoms. The van der Waals surface area contributed by atoms with E-state index in [1.54, 1.807) is 12.1 Å². The molecule has 0 amide bonds. The summed E-state index contributed by atoms with van der Waals surface area (Å²) in [6, 6.07) is 3.46. The van der Waals surface area contributed by atoms with Crippen LogP contribution in [0.1, 0.15) is 13.3 Å². The number of halogens is 1. The second-order valence-corrected chi connectivity index (χ2v) is 3.28. The Labute approximate surface area is 81.6 Å². The lowest BCUT2D eigenvalue weighted by molar-refractivity contribution is 0.0825. The molecule has 1 aliphatic heterocycles. The Morgan fingerprint density at radius 2 is 2.46 bits per heavy atom. The smallest absolute Gasteiger partial charge is 0.258 e. The Morgan fingerprint density at radius 1 is 1.62 bits per heavy atom. The molecule has 1 atom stereocenters. The summed E-state index contributed by atoms with van der Waals surface area (Å²) >= 11 is 5.72. The van der Waals surface area contributed by atoms with Crippen LogP contribution in [0.5, 0.6) is 11.6 Å². The van der Waals surface area contributed by atoms with E-state index in [1.165, 1.54) is 0 Å². The molecule has 1 aromatic heterocycles. The SMILES string of the molecule is CCC1COc2ccc(Cl)nc2O1. The molecular weight excluding hydrogens is 190 g/mol. The van der Waals surface area contributed by atoms with Gasteiger partial charge in [-0.2, -0.15) is 4.98 Å². The Hall–Kier alpha value is -0.960. The van der Waals surface area contributed by atoms with Crippen LogP contribution in [0.4, 0.5) is 0 Å². The van der Waals surface area contributed by atoms with Crippen molar-refractivity contribution in [1.82, 2.24) is 4.98 Å². The summed E-state index contributed by atoms with van der Waals surface area (Å²) in [5.41, 5.74) is 0. The summed E-state index contributed by atoms with van der Waals surface area (Å²) in [7, 11) is 0. The van der Waals surface area contributed by atoms with Crippen LogP contribution in [0.15, 0.2) is 12.1 Å². The number of ether oxygens (including phenoxy) is 2. The van der Waals surface area contributed by atoms with Crippen LogP contribution >= 0.6 is 11.6 Å². The molecule has 2 heterocycles. The maximum Gasteiger partial charge on any atom is 0.258 e. The van der Waals surface area contributed by atoms with Crippen LogP contribution in [-0.2, 0) is 0 Å². The summed E-state index contributed by atoms with van der Waals surface area (Å²) < 4.78 is 11.0. The fraction of sp³-hybridized carbons (Fsp3) is 0.444. The first kappa shape index (κ1) is 8.63. The van der Waals surface area contributed by atoms with Gasteiger partial charge in [0.2, 0.25) is 0 Å². The third kappa shape index (κ3) is 1.70. The third-order valence-corrected chi connectivity index (χ3v) is 2.16. The normalized spacial score (nSPS) is 20.0. The third-order valence-electron chi connectivity index (χ3n) is 1.95. The number of nitrogens with zero attached hydrogens (tertiary/aromatic N) is 1. The highest BCUT2D eigenvalue weighted by Gasteiger charge is 2.20. The summed E-state index contributed by atoms with van der Waals surface area (Å²) in [6.45, 7) is 2.64. The van der Waals surface area contributed by atoms with Crippen molar-refractivity contribution in [3.63, 3.8) is 0 Å². The van der Waals surface area contributed by atoms with Crippen molar-refractivity contribution in [2.45, 2.75) is 19.4 Å². The molecule has 1 aliphatic rings. The van der Waals surface area contributed by atoms with Gasteiger partial charge in [0, 0.05) is 0 Å². The molecule has 0 saturated heterocycles. The molecule has 0 N–H and O–H groups in total. The molecule has 0 aromatic carbocycles. The van der Waals surface area contributed by atoms with Crippen LogP contribution < -0.4 is 9.47 Å². The molecule has 0 spiro atoms. The molecule has 2 rings (SSSR count). The number of aromatic nitrogens is 1. The monoisotopic (exact) mass is 199 g/mol. The van der Waals surface area contributed by atoms with Crippen molar-refractivity contribution in [2.75, 3.05) is 6.61 Å². The minimum atomic E-state index is 0.0958. The molecule has 0 fully saturated rings. The van der Waals surface area contributed by atoms with Crippen molar-refractivity contribution in [3.8, 4) is 11.6 Å². The van der Waals surface area contributed by atoms with E-state index in [4.69, 9.17) is 21.1 Å². The molecule has 1 unspecified atom stereocenters. The fourth-order valence-corrected chi connectivity index (χ4v) is 1.31. The second-order valence-electron chi connectivity index (χ2n) is 2.90.